The number of alkyl halides is 3. The Labute approximate surface area is 93.9 Å². The summed E-state index contributed by atoms with van der Waals surface area (Å²) in [5.41, 5.74) is 3.49. The first kappa shape index (κ1) is 13.2. The Balaban J connectivity index is 3.18. The quantitative estimate of drug-likeness (QED) is 0.664. The first-order valence-corrected chi connectivity index (χ1v) is 4.35. The normalized spacial score (nSPS) is 15.1. The van der Waals surface area contributed by atoms with E-state index in [1.165, 1.54) is 6.07 Å². The molecule has 0 aliphatic carbocycles. The molecule has 1 aromatic rings. The van der Waals surface area contributed by atoms with E-state index < -0.39 is 29.8 Å². The zero-order chi connectivity index (χ0) is 13.2. The molecule has 0 saturated heterocycles. The topological polar surface area (TPSA) is 103 Å². The number of aliphatic hydroxyl groups is 2. The van der Waals surface area contributed by atoms with Crippen molar-refractivity contribution in [3.8, 4) is 6.07 Å². The Hall–Kier alpha value is -1.85. The fraction of sp³-hybridized carbons (Fsp3) is 0.333. The van der Waals surface area contributed by atoms with Crippen molar-refractivity contribution in [3.63, 3.8) is 0 Å². The summed E-state index contributed by atoms with van der Waals surface area (Å²) in [5, 5.41) is 26.7. The van der Waals surface area contributed by atoms with Crippen molar-refractivity contribution in [1.29, 1.82) is 5.26 Å². The fourth-order valence-corrected chi connectivity index (χ4v) is 1.13. The van der Waals surface area contributed by atoms with Crippen LogP contribution in [0.2, 0.25) is 0 Å². The van der Waals surface area contributed by atoms with Gasteiger partial charge in [0.1, 0.15) is 11.9 Å². The summed E-state index contributed by atoms with van der Waals surface area (Å²) >= 11 is 0. The average Bonchev–Trinajstić information content (AvgIpc) is 2.26. The van der Waals surface area contributed by atoms with Crippen LogP contribution in [0.3, 0.4) is 0 Å². The van der Waals surface area contributed by atoms with E-state index in [0.29, 0.717) is 6.07 Å². The van der Waals surface area contributed by atoms with Gasteiger partial charge in [-0.2, -0.15) is 18.4 Å². The lowest BCUT2D eigenvalue weighted by atomic mass is 10.0. The Morgan fingerprint density at radius 3 is 2.47 bits per heavy atom. The third-order valence-electron chi connectivity index (χ3n) is 2.02. The third-order valence-corrected chi connectivity index (χ3v) is 2.02. The highest BCUT2D eigenvalue weighted by Crippen LogP contribution is 2.34. The van der Waals surface area contributed by atoms with E-state index in [0.717, 1.165) is 6.20 Å². The predicted octanol–water partition coefficient (Wildman–Crippen LogP) is 0.600. The molecule has 2 atom stereocenters. The van der Waals surface area contributed by atoms with Crippen LogP contribution in [0.25, 0.3) is 0 Å². The molecular formula is C9H8F3N3O2. The maximum atomic E-state index is 12.4. The van der Waals surface area contributed by atoms with Gasteiger partial charge in [0.25, 0.3) is 0 Å². The Morgan fingerprint density at radius 2 is 2.00 bits per heavy atom. The predicted molar refractivity (Wildman–Crippen MR) is 50.2 cm³/mol. The first-order chi connectivity index (χ1) is 7.77. The molecule has 0 amide bonds. The number of pyridine rings is 1. The second kappa shape index (κ2) is 4.57. The van der Waals surface area contributed by atoms with Gasteiger partial charge in [0.2, 0.25) is 0 Å². The standard InChI is InChI=1S/C9H8F3N3O2/c10-9(11,12)5-1-4(3-15-8(5)14)7(17)6(16)2-13/h1,3,6-7,16-17H,(H2,14,15). The minimum Gasteiger partial charge on any atom is -0.384 e. The summed E-state index contributed by atoms with van der Waals surface area (Å²) in [5.74, 6) is -0.736. The monoisotopic (exact) mass is 247 g/mol. The lowest BCUT2D eigenvalue weighted by Gasteiger charge is -2.15. The average molecular weight is 247 g/mol. The van der Waals surface area contributed by atoms with Gasteiger partial charge in [0.05, 0.1) is 11.6 Å². The van der Waals surface area contributed by atoms with Gasteiger partial charge >= 0.3 is 6.18 Å². The van der Waals surface area contributed by atoms with Crippen LogP contribution in [-0.4, -0.2) is 21.3 Å². The Morgan fingerprint density at radius 1 is 1.41 bits per heavy atom. The summed E-state index contributed by atoms with van der Waals surface area (Å²) in [6.45, 7) is 0. The molecule has 4 N–H and O–H groups in total. The molecule has 0 fully saturated rings. The minimum atomic E-state index is -4.72. The molecule has 17 heavy (non-hydrogen) atoms. The number of anilines is 1. The molecule has 8 heteroatoms. The van der Waals surface area contributed by atoms with Crippen LogP contribution in [0.1, 0.15) is 17.2 Å². The smallest absolute Gasteiger partial charge is 0.384 e. The van der Waals surface area contributed by atoms with Gasteiger partial charge in [-0.25, -0.2) is 4.98 Å². The highest BCUT2D eigenvalue weighted by molar-refractivity contribution is 5.43. The zero-order valence-electron chi connectivity index (χ0n) is 8.31. The van der Waals surface area contributed by atoms with Crippen LogP contribution in [0.4, 0.5) is 19.0 Å². The van der Waals surface area contributed by atoms with E-state index in [1.807, 2.05) is 0 Å². The summed E-state index contributed by atoms with van der Waals surface area (Å²) in [6, 6.07) is 1.85. The molecule has 1 heterocycles. The van der Waals surface area contributed by atoms with E-state index in [4.69, 9.17) is 16.1 Å². The van der Waals surface area contributed by atoms with Crippen molar-refractivity contribution in [3.05, 3.63) is 23.4 Å². The number of aromatic nitrogens is 1. The number of hydrogen-bond donors (Lipinski definition) is 3. The van der Waals surface area contributed by atoms with E-state index in [-0.39, 0.29) is 5.56 Å². The molecule has 92 valence electrons. The second-order valence-electron chi connectivity index (χ2n) is 3.22. The van der Waals surface area contributed by atoms with Crippen molar-refractivity contribution in [2.45, 2.75) is 18.4 Å². The van der Waals surface area contributed by atoms with Crippen LogP contribution in [0, 0.1) is 11.3 Å². The van der Waals surface area contributed by atoms with Crippen molar-refractivity contribution < 1.29 is 23.4 Å². The summed E-state index contributed by atoms with van der Waals surface area (Å²) in [6.07, 6.45) is -7.45. The largest absolute Gasteiger partial charge is 0.419 e. The van der Waals surface area contributed by atoms with Crippen molar-refractivity contribution in [2.75, 3.05) is 5.73 Å². The van der Waals surface area contributed by atoms with Crippen LogP contribution in [0.5, 0.6) is 0 Å². The van der Waals surface area contributed by atoms with Gasteiger partial charge in [0.15, 0.2) is 6.10 Å². The maximum absolute atomic E-state index is 12.4. The number of aliphatic hydroxyl groups excluding tert-OH is 2. The number of hydrogen-bond acceptors (Lipinski definition) is 5. The van der Waals surface area contributed by atoms with Gasteiger partial charge < -0.3 is 15.9 Å². The van der Waals surface area contributed by atoms with Crippen molar-refractivity contribution in [1.82, 2.24) is 4.98 Å². The lowest BCUT2D eigenvalue weighted by molar-refractivity contribution is -0.137. The zero-order valence-corrected chi connectivity index (χ0v) is 8.31. The van der Waals surface area contributed by atoms with Gasteiger partial charge in [-0.1, -0.05) is 0 Å². The summed E-state index contributed by atoms with van der Waals surface area (Å²) in [4.78, 5) is 3.26. The van der Waals surface area contributed by atoms with Crippen LogP contribution in [0.15, 0.2) is 12.3 Å². The Bertz CT molecular complexity index is 456. The van der Waals surface area contributed by atoms with E-state index >= 15 is 0 Å². The molecule has 0 radical (unpaired) electrons. The maximum Gasteiger partial charge on any atom is 0.419 e. The van der Waals surface area contributed by atoms with Crippen LogP contribution >= 0.6 is 0 Å². The summed E-state index contributed by atoms with van der Waals surface area (Å²) in [7, 11) is 0. The molecule has 2 unspecified atom stereocenters. The number of rotatable bonds is 2. The molecule has 0 saturated carbocycles. The van der Waals surface area contributed by atoms with Gasteiger partial charge in [0, 0.05) is 11.8 Å². The molecule has 0 aliphatic rings. The van der Waals surface area contributed by atoms with Crippen LogP contribution in [-0.2, 0) is 6.18 Å². The molecule has 5 nitrogen and oxygen atoms in total. The number of halogens is 3. The molecule has 0 aliphatic heterocycles. The van der Waals surface area contributed by atoms with Gasteiger partial charge in [-0.05, 0) is 6.07 Å². The summed E-state index contributed by atoms with van der Waals surface area (Å²) < 4.78 is 37.3. The first-order valence-electron chi connectivity index (χ1n) is 4.35. The van der Waals surface area contributed by atoms with Crippen LogP contribution < -0.4 is 5.73 Å². The third kappa shape index (κ3) is 2.83. The van der Waals surface area contributed by atoms with Crippen molar-refractivity contribution >= 4 is 5.82 Å². The SMILES string of the molecule is N#CC(O)C(O)c1cnc(N)c(C(F)(F)F)c1. The highest BCUT2D eigenvalue weighted by atomic mass is 19.4. The molecule has 0 bridgehead atoms. The lowest BCUT2D eigenvalue weighted by Crippen LogP contribution is -2.18. The molecule has 0 aromatic carbocycles. The molecular weight excluding hydrogens is 239 g/mol. The molecule has 1 rings (SSSR count). The molecule has 0 spiro atoms. The van der Waals surface area contributed by atoms with E-state index in [9.17, 15) is 18.3 Å². The number of nitrogens with two attached hydrogens (primary N) is 1. The fourth-order valence-electron chi connectivity index (χ4n) is 1.13. The van der Waals surface area contributed by atoms with E-state index in [2.05, 4.69) is 4.98 Å². The highest BCUT2D eigenvalue weighted by Gasteiger charge is 2.35. The second-order valence-corrected chi connectivity index (χ2v) is 3.22. The number of nitrogen functional groups attached to an aromatic ring is 1. The Kier molecular flexibility index (Phi) is 3.55. The number of nitrogens with zero attached hydrogens (tertiary/aromatic N) is 2. The number of nitriles is 1. The minimum absolute atomic E-state index is 0.333. The van der Waals surface area contributed by atoms with Gasteiger partial charge in [-0.15, -0.1) is 0 Å². The van der Waals surface area contributed by atoms with Crippen molar-refractivity contribution in [2.24, 2.45) is 0 Å². The van der Waals surface area contributed by atoms with Gasteiger partial charge in [-0.3, -0.25) is 0 Å². The van der Waals surface area contributed by atoms with E-state index in [1.54, 1.807) is 0 Å². The molecule has 1 aromatic heterocycles.